The first kappa shape index (κ1) is 10.5. The molecular formula is C9H14N4OS. The second-order valence-corrected chi connectivity index (χ2v) is 4.55. The quantitative estimate of drug-likeness (QED) is 0.808. The summed E-state index contributed by atoms with van der Waals surface area (Å²) in [5, 5.41) is 7.03. The van der Waals surface area contributed by atoms with Crippen molar-refractivity contribution in [1.82, 2.24) is 19.8 Å². The van der Waals surface area contributed by atoms with E-state index in [0.29, 0.717) is 10.9 Å². The third-order valence-corrected chi connectivity index (χ3v) is 3.23. The molecule has 2 heterocycles. The predicted molar refractivity (Wildman–Crippen MR) is 57.9 cm³/mol. The summed E-state index contributed by atoms with van der Waals surface area (Å²) in [6, 6.07) is 0.444. The Bertz CT molecular complexity index is 321. The SMILES string of the molecule is CN(CC1CCCN1)C(=O)c1cnns1. The molecule has 15 heavy (non-hydrogen) atoms. The molecule has 1 fully saturated rings. The molecule has 1 amide bonds. The van der Waals surface area contributed by atoms with Crippen LogP contribution >= 0.6 is 11.5 Å². The van der Waals surface area contributed by atoms with Crippen LogP contribution in [0.1, 0.15) is 22.5 Å². The summed E-state index contributed by atoms with van der Waals surface area (Å²) >= 11 is 1.14. The molecule has 0 aliphatic carbocycles. The molecular weight excluding hydrogens is 212 g/mol. The predicted octanol–water partition coefficient (Wildman–Crippen LogP) is 0.362. The zero-order valence-electron chi connectivity index (χ0n) is 8.64. The summed E-state index contributed by atoms with van der Waals surface area (Å²) < 4.78 is 3.69. The lowest BCUT2D eigenvalue weighted by Gasteiger charge is -2.20. The third-order valence-electron chi connectivity index (χ3n) is 2.58. The van der Waals surface area contributed by atoms with Gasteiger partial charge in [-0.2, -0.15) is 0 Å². The van der Waals surface area contributed by atoms with Gasteiger partial charge in [0.15, 0.2) is 0 Å². The number of likely N-dealkylation sites (N-methyl/N-ethyl adjacent to an activating group) is 1. The summed E-state index contributed by atoms with van der Waals surface area (Å²) in [6.45, 7) is 1.82. The highest BCUT2D eigenvalue weighted by molar-refractivity contribution is 7.07. The largest absolute Gasteiger partial charge is 0.339 e. The summed E-state index contributed by atoms with van der Waals surface area (Å²) in [5.74, 6) is 0.0127. The minimum atomic E-state index is 0.0127. The van der Waals surface area contributed by atoms with Gasteiger partial charge in [-0.25, -0.2) is 0 Å². The van der Waals surface area contributed by atoms with Crippen LogP contribution in [0.5, 0.6) is 0 Å². The number of nitrogens with one attached hydrogen (secondary N) is 1. The van der Waals surface area contributed by atoms with Gasteiger partial charge in [-0.15, -0.1) is 5.10 Å². The van der Waals surface area contributed by atoms with Gasteiger partial charge in [-0.3, -0.25) is 4.79 Å². The fourth-order valence-corrected chi connectivity index (χ4v) is 2.29. The fraction of sp³-hybridized carbons (Fsp3) is 0.667. The number of aromatic nitrogens is 2. The van der Waals surface area contributed by atoms with Crippen molar-refractivity contribution in [2.75, 3.05) is 20.1 Å². The summed E-state index contributed by atoms with van der Waals surface area (Å²) in [6.07, 6.45) is 3.87. The van der Waals surface area contributed by atoms with E-state index in [-0.39, 0.29) is 5.91 Å². The molecule has 1 unspecified atom stereocenters. The smallest absolute Gasteiger partial charge is 0.267 e. The van der Waals surface area contributed by atoms with E-state index in [4.69, 9.17) is 0 Å². The van der Waals surface area contributed by atoms with Crippen molar-refractivity contribution in [1.29, 1.82) is 0 Å². The zero-order valence-corrected chi connectivity index (χ0v) is 9.46. The fourth-order valence-electron chi connectivity index (χ4n) is 1.78. The van der Waals surface area contributed by atoms with E-state index < -0.39 is 0 Å². The monoisotopic (exact) mass is 226 g/mol. The Balaban J connectivity index is 1.90. The van der Waals surface area contributed by atoms with E-state index in [0.717, 1.165) is 31.0 Å². The first-order valence-electron chi connectivity index (χ1n) is 5.03. The maximum absolute atomic E-state index is 11.8. The Morgan fingerprint density at radius 2 is 2.67 bits per heavy atom. The molecule has 0 aromatic carbocycles. The lowest BCUT2D eigenvalue weighted by molar-refractivity contribution is 0.0788. The molecule has 1 aliphatic heterocycles. The molecule has 0 saturated carbocycles. The Morgan fingerprint density at radius 3 is 3.27 bits per heavy atom. The van der Waals surface area contributed by atoms with Crippen LogP contribution in [0.15, 0.2) is 6.20 Å². The molecule has 1 aromatic rings. The van der Waals surface area contributed by atoms with E-state index in [2.05, 4.69) is 14.9 Å². The van der Waals surface area contributed by atoms with Crippen molar-refractivity contribution in [3.8, 4) is 0 Å². The average Bonchev–Trinajstić information content (AvgIpc) is 2.88. The van der Waals surface area contributed by atoms with Crippen molar-refractivity contribution in [3.63, 3.8) is 0 Å². The van der Waals surface area contributed by atoms with Gasteiger partial charge in [0.2, 0.25) is 0 Å². The average molecular weight is 226 g/mol. The van der Waals surface area contributed by atoms with Gasteiger partial charge in [-0.05, 0) is 30.9 Å². The maximum Gasteiger partial charge on any atom is 0.267 e. The van der Waals surface area contributed by atoms with Gasteiger partial charge >= 0.3 is 0 Å². The van der Waals surface area contributed by atoms with Crippen LogP contribution in [0, 0.1) is 0 Å². The standard InChI is InChI=1S/C9H14N4OS/c1-13(6-7-3-2-4-10-7)9(14)8-5-11-12-15-8/h5,7,10H,2-4,6H2,1H3. The second kappa shape index (κ2) is 4.67. The molecule has 2 rings (SSSR count). The topological polar surface area (TPSA) is 58.1 Å². The molecule has 0 bridgehead atoms. The number of carbonyl (C=O) groups is 1. The van der Waals surface area contributed by atoms with Gasteiger partial charge in [0.1, 0.15) is 4.88 Å². The van der Waals surface area contributed by atoms with Crippen molar-refractivity contribution in [2.24, 2.45) is 0 Å². The molecule has 1 saturated heterocycles. The van der Waals surface area contributed by atoms with Crippen molar-refractivity contribution < 1.29 is 4.79 Å². The van der Waals surface area contributed by atoms with Crippen LogP contribution < -0.4 is 5.32 Å². The summed E-state index contributed by atoms with van der Waals surface area (Å²) in [7, 11) is 1.82. The summed E-state index contributed by atoms with van der Waals surface area (Å²) in [4.78, 5) is 14.2. The molecule has 0 spiro atoms. The van der Waals surface area contributed by atoms with Crippen molar-refractivity contribution >= 4 is 17.4 Å². The Kier molecular flexibility index (Phi) is 3.27. The van der Waals surface area contributed by atoms with Gasteiger partial charge in [0.05, 0.1) is 6.20 Å². The van der Waals surface area contributed by atoms with Gasteiger partial charge in [0, 0.05) is 19.6 Å². The van der Waals surface area contributed by atoms with E-state index in [1.54, 1.807) is 4.90 Å². The highest BCUT2D eigenvalue weighted by Crippen LogP contribution is 2.10. The number of rotatable bonds is 3. The Morgan fingerprint density at radius 1 is 1.80 bits per heavy atom. The molecule has 1 aliphatic rings. The van der Waals surface area contributed by atoms with E-state index in [1.165, 1.54) is 12.6 Å². The minimum Gasteiger partial charge on any atom is -0.339 e. The normalized spacial score (nSPS) is 20.5. The maximum atomic E-state index is 11.8. The molecule has 1 aromatic heterocycles. The van der Waals surface area contributed by atoms with Crippen LogP contribution in [0.25, 0.3) is 0 Å². The molecule has 82 valence electrons. The number of hydrogen-bond acceptors (Lipinski definition) is 5. The van der Waals surface area contributed by atoms with Gasteiger partial charge in [-0.1, -0.05) is 4.49 Å². The first-order valence-corrected chi connectivity index (χ1v) is 5.81. The second-order valence-electron chi connectivity index (χ2n) is 3.76. The van der Waals surface area contributed by atoms with Crippen LogP contribution in [0.4, 0.5) is 0 Å². The molecule has 6 heteroatoms. The van der Waals surface area contributed by atoms with Crippen LogP contribution in [0.3, 0.4) is 0 Å². The van der Waals surface area contributed by atoms with Crippen LogP contribution in [-0.2, 0) is 0 Å². The van der Waals surface area contributed by atoms with Gasteiger partial charge in [0.25, 0.3) is 5.91 Å². The Hall–Kier alpha value is -1.01. The summed E-state index contributed by atoms with van der Waals surface area (Å²) in [5.41, 5.74) is 0. The van der Waals surface area contributed by atoms with Crippen molar-refractivity contribution in [2.45, 2.75) is 18.9 Å². The minimum absolute atomic E-state index is 0.0127. The number of hydrogen-bond donors (Lipinski definition) is 1. The molecule has 1 N–H and O–H groups in total. The lowest BCUT2D eigenvalue weighted by Crippen LogP contribution is -2.38. The highest BCUT2D eigenvalue weighted by atomic mass is 32.1. The molecule has 0 radical (unpaired) electrons. The Labute approximate surface area is 92.6 Å². The zero-order chi connectivity index (χ0) is 10.7. The van der Waals surface area contributed by atoms with Gasteiger partial charge < -0.3 is 10.2 Å². The highest BCUT2D eigenvalue weighted by Gasteiger charge is 2.20. The third kappa shape index (κ3) is 2.51. The number of carbonyl (C=O) groups excluding carboxylic acids is 1. The molecule has 1 atom stereocenters. The number of nitrogens with zero attached hydrogens (tertiary/aromatic N) is 3. The lowest BCUT2D eigenvalue weighted by atomic mass is 10.2. The van der Waals surface area contributed by atoms with Crippen LogP contribution in [-0.4, -0.2) is 46.6 Å². The number of amides is 1. The van der Waals surface area contributed by atoms with E-state index >= 15 is 0 Å². The van der Waals surface area contributed by atoms with Crippen molar-refractivity contribution in [3.05, 3.63) is 11.1 Å². The van der Waals surface area contributed by atoms with E-state index in [1.807, 2.05) is 7.05 Å². The van der Waals surface area contributed by atoms with E-state index in [9.17, 15) is 4.79 Å². The first-order chi connectivity index (χ1) is 7.27. The van der Waals surface area contributed by atoms with Crippen LogP contribution in [0.2, 0.25) is 0 Å². The molecule has 5 nitrogen and oxygen atoms in total.